The van der Waals surface area contributed by atoms with Gasteiger partial charge in [-0.2, -0.15) is 5.10 Å². The van der Waals surface area contributed by atoms with Gasteiger partial charge in [0, 0.05) is 18.8 Å². The predicted octanol–water partition coefficient (Wildman–Crippen LogP) is 4.42. The molecule has 31 heavy (non-hydrogen) atoms. The van der Waals surface area contributed by atoms with Gasteiger partial charge in [0.15, 0.2) is 0 Å². The van der Waals surface area contributed by atoms with Crippen molar-refractivity contribution in [2.75, 3.05) is 21.3 Å². The van der Waals surface area contributed by atoms with Gasteiger partial charge in [0.25, 0.3) is 5.91 Å². The van der Waals surface area contributed by atoms with Gasteiger partial charge in [-0.05, 0) is 42.5 Å². The van der Waals surface area contributed by atoms with E-state index in [1.165, 1.54) is 0 Å². The highest BCUT2D eigenvalue weighted by Crippen LogP contribution is 2.35. The van der Waals surface area contributed by atoms with E-state index in [0.717, 1.165) is 5.69 Å². The van der Waals surface area contributed by atoms with Crippen LogP contribution in [0.4, 0.5) is 0 Å². The first kappa shape index (κ1) is 20.3. The van der Waals surface area contributed by atoms with Gasteiger partial charge in [0.2, 0.25) is 0 Å². The number of amides is 1. The van der Waals surface area contributed by atoms with Crippen molar-refractivity contribution in [3.8, 4) is 28.4 Å². The van der Waals surface area contributed by atoms with Gasteiger partial charge in [0.05, 0.1) is 38.3 Å². The van der Waals surface area contributed by atoms with Crippen molar-refractivity contribution in [1.29, 1.82) is 0 Å². The molecule has 0 unspecified atom stereocenters. The Kier molecular flexibility index (Phi) is 5.75. The number of benzene rings is 2. The number of hydrogen-bond donors (Lipinski definition) is 0. The van der Waals surface area contributed by atoms with Crippen molar-refractivity contribution >= 4 is 5.91 Å². The minimum atomic E-state index is -0.182. The summed E-state index contributed by atoms with van der Waals surface area (Å²) in [7, 11) is 4.92. The topological polar surface area (TPSA) is 69.7 Å². The molecule has 2 heterocycles. The van der Waals surface area contributed by atoms with Crippen LogP contribution in [0.3, 0.4) is 0 Å². The van der Waals surface area contributed by atoms with Crippen LogP contribution < -0.4 is 9.47 Å². The molecule has 0 atom stereocenters. The van der Waals surface area contributed by atoms with Gasteiger partial charge in [-0.15, -0.1) is 0 Å². The van der Waals surface area contributed by atoms with E-state index in [-0.39, 0.29) is 5.91 Å². The van der Waals surface area contributed by atoms with E-state index in [9.17, 15) is 4.79 Å². The van der Waals surface area contributed by atoms with Gasteiger partial charge in [-0.1, -0.05) is 18.2 Å². The van der Waals surface area contributed by atoms with E-state index in [1.54, 1.807) is 61.5 Å². The Bertz CT molecular complexity index is 1170. The van der Waals surface area contributed by atoms with E-state index < -0.39 is 0 Å². The third-order valence-electron chi connectivity index (χ3n) is 4.95. The number of carbonyl (C=O) groups is 1. The Morgan fingerprint density at radius 1 is 1.06 bits per heavy atom. The first-order valence-corrected chi connectivity index (χ1v) is 9.76. The third kappa shape index (κ3) is 4.16. The van der Waals surface area contributed by atoms with Crippen molar-refractivity contribution < 1.29 is 18.7 Å². The summed E-state index contributed by atoms with van der Waals surface area (Å²) in [6, 6.07) is 18.7. The van der Waals surface area contributed by atoms with Crippen LogP contribution in [-0.2, 0) is 6.54 Å². The van der Waals surface area contributed by atoms with Crippen LogP contribution in [0, 0.1) is 0 Å². The van der Waals surface area contributed by atoms with Gasteiger partial charge < -0.3 is 18.8 Å². The van der Waals surface area contributed by atoms with Gasteiger partial charge in [-0.25, -0.2) is 4.68 Å². The molecule has 0 radical (unpaired) electrons. The molecule has 0 aliphatic rings. The van der Waals surface area contributed by atoms with Crippen molar-refractivity contribution in [2.24, 2.45) is 0 Å². The number of nitrogens with zero attached hydrogens (tertiary/aromatic N) is 3. The van der Waals surface area contributed by atoms with Gasteiger partial charge in [-0.3, -0.25) is 4.79 Å². The van der Waals surface area contributed by atoms with Crippen molar-refractivity contribution in [3.63, 3.8) is 0 Å². The lowest BCUT2D eigenvalue weighted by molar-refractivity contribution is 0.0776. The Hall–Kier alpha value is -4.00. The summed E-state index contributed by atoms with van der Waals surface area (Å²) in [4.78, 5) is 15.0. The molecule has 0 saturated carbocycles. The molecule has 4 rings (SSSR count). The van der Waals surface area contributed by atoms with E-state index in [2.05, 4.69) is 0 Å². The average Bonchev–Trinajstić information content (AvgIpc) is 3.49. The second-order valence-corrected chi connectivity index (χ2v) is 6.98. The van der Waals surface area contributed by atoms with E-state index in [4.69, 9.17) is 19.0 Å². The number of carbonyl (C=O) groups excluding carboxylic acids is 1. The Balaban J connectivity index is 1.82. The molecular weight excluding hydrogens is 394 g/mol. The largest absolute Gasteiger partial charge is 0.497 e. The summed E-state index contributed by atoms with van der Waals surface area (Å²) >= 11 is 0. The lowest BCUT2D eigenvalue weighted by Crippen LogP contribution is -2.26. The number of rotatable bonds is 7. The molecule has 0 saturated heterocycles. The number of methoxy groups -OCH3 is 2. The molecule has 2 aromatic carbocycles. The van der Waals surface area contributed by atoms with Crippen LogP contribution in [0.25, 0.3) is 16.9 Å². The van der Waals surface area contributed by atoms with Gasteiger partial charge in [0.1, 0.15) is 23.0 Å². The van der Waals surface area contributed by atoms with Crippen LogP contribution in [-0.4, -0.2) is 41.9 Å². The summed E-state index contributed by atoms with van der Waals surface area (Å²) in [5, 5.41) is 4.75. The second-order valence-electron chi connectivity index (χ2n) is 6.98. The van der Waals surface area contributed by atoms with Gasteiger partial charge >= 0.3 is 0 Å². The maximum Gasteiger partial charge on any atom is 0.257 e. The molecule has 0 N–H and O–H groups in total. The number of ether oxygens (including phenoxy) is 2. The summed E-state index contributed by atoms with van der Waals surface area (Å²) in [5.41, 5.74) is 2.48. The van der Waals surface area contributed by atoms with Crippen molar-refractivity contribution in [3.05, 3.63) is 84.4 Å². The zero-order valence-electron chi connectivity index (χ0n) is 17.6. The number of para-hydroxylation sites is 1. The zero-order chi connectivity index (χ0) is 21.8. The maximum atomic E-state index is 13.4. The fourth-order valence-electron chi connectivity index (χ4n) is 3.36. The Morgan fingerprint density at radius 3 is 2.55 bits per heavy atom. The molecule has 1 amide bonds. The molecule has 0 spiro atoms. The summed E-state index contributed by atoms with van der Waals surface area (Å²) < 4.78 is 18.0. The van der Waals surface area contributed by atoms with Crippen LogP contribution in [0.5, 0.6) is 11.5 Å². The summed E-state index contributed by atoms with van der Waals surface area (Å²) in [6.45, 7) is 0.344. The molecule has 0 fully saturated rings. The van der Waals surface area contributed by atoms with E-state index >= 15 is 0 Å². The third-order valence-corrected chi connectivity index (χ3v) is 4.95. The highest BCUT2D eigenvalue weighted by molar-refractivity contribution is 6.00. The molecule has 0 aliphatic carbocycles. The smallest absolute Gasteiger partial charge is 0.257 e. The van der Waals surface area contributed by atoms with Crippen LogP contribution in [0.1, 0.15) is 16.1 Å². The highest BCUT2D eigenvalue weighted by Gasteiger charge is 2.24. The lowest BCUT2D eigenvalue weighted by Gasteiger charge is -2.16. The molecule has 7 heteroatoms. The Labute approximate surface area is 180 Å². The molecular formula is C24H23N3O4. The molecule has 2 aromatic heterocycles. The van der Waals surface area contributed by atoms with Crippen molar-refractivity contribution in [1.82, 2.24) is 14.7 Å². The summed E-state index contributed by atoms with van der Waals surface area (Å²) in [5.74, 6) is 1.76. The fraction of sp³-hybridized carbons (Fsp3) is 0.167. The van der Waals surface area contributed by atoms with Crippen LogP contribution in [0.2, 0.25) is 0 Å². The standard InChI is InChI=1S/C24H23N3O4/c1-26(15-19-10-7-13-31-19)24(28)21-16-27(17-8-5-4-6-9-17)25-23(21)20-14-18(29-2)11-12-22(20)30-3/h4-14,16H,15H2,1-3H3. The average molecular weight is 417 g/mol. The minimum Gasteiger partial charge on any atom is -0.497 e. The normalized spacial score (nSPS) is 10.7. The van der Waals surface area contributed by atoms with E-state index in [0.29, 0.717) is 40.6 Å². The Morgan fingerprint density at radius 2 is 1.87 bits per heavy atom. The first-order chi connectivity index (χ1) is 15.1. The fourth-order valence-corrected chi connectivity index (χ4v) is 3.36. The maximum absolute atomic E-state index is 13.4. The minimum absolute atomic E-state index is 0.182. The highest BCUT2D eigenvalue weighted by atomic mass is 16.5. The number of aromatic nitrogens is 2. The molecule has 0 aliphatic heterocycles. The monoisotopic (exact) mass is 417 g/mol. The summed E-state index contributed by atoms with van der Waals surface area (Å²) in [6.07, 6.45) is 3.33. The van der Waals surface area contributed by atoms with Crippen LogP contribution in [0.15, 0.2) is 77.5 Å². The SMILES string of the molecule is COc1ccc(OC)c(-c2nn(-c3ccccc3)cc2C(=O)N(C)Cc2ccco2)c1. The van der Waals surface area contributed by atoms with Crippen LogP contribution >= 0.6 is 0 Å². The molecule has 4 aromatic rings. The molecule has 7 nitrogen and oxygen atoms in total. The first-order valence-electron chi connectivity index (χ1n) is 9.76. The van der Waals surface area contributed by atoms with Crippen molar-refractivity contribution in [2.45, 2.75) is 6.54 Å². The number of furan rings is 1. The molecule has 0 bridgehead atoms. The number of hydrogen-bond acceptors (Lipinski definition) is 5. The predicted molar refractivity (Wildman–Crippen MR) is 117 cm³/mol. The lowest BCUT2D eigenvalue weighted by atomic mass is 10.1. The quantitative estimate of drug-likeness (QED) is 0.445. The van der Waals surface area contributed by atoms with E-state index in [1.807, 2.05) is 42.5 Å². The molecule has 158 valence electrons. The zero-order valence-corrected chi connectivity index (χ0v) is 17.6. The second kappa shape index (κ2) is 8.79.